The largest absolute Gasteiger partial charge is 0.246 e. The maximum atomic E-state index is 12.5. The Bertz CT molecular complexity index is 691. The van der Waals surface area contributed by atoms with Crippen molar-refractivity contribution in [1.82, 2.24) is 14.6 Å². The molecule has 1 aromatic carbocycles. The third-order valence-corrected chi connectivity index (χ3v) is 2.94. The molecule has 3 aromatic rings. The van der Waals surface area contributed by atoms with Crippen LogP contribution < -0.4 is 0 Å². The van der Waals surface area contributed by atoms with E-state index in [-0.39, 0.29) is 0 Å². The van der Waals surface area contributed by atoms with Crippen LogP contribution in [0.2, 0.25) is 5.15 Å². The number of fused-ring (bicyclic) bond motifs is 1. The summed E-state index contributed by atoms with van der Waals surface area (Å²) < 4.78 is 14.1. The third kappa shape index (κ3) is 1.84. The van der Waals surface area contributed by atoms with Gasteiger partial charge in [-0.25, -0.2) is 13.9 Å². The lowest BCUT2D eigenvalue weighted by molar-refractivity contribution is 0.485. The number of hydrogen-bond donors (Lipinski definition) is 0. The van der Waals surface area contributed by atoms with Crippen LogP contribution in [0.5, 0.6) is 0 Å². The van der Waals surface area contributed by atoms with E-state index in [4.69, 9.17) is 11.6 Å². The van der Waals surface area contributed by atoms with Gasteiger partial charge in [-0.15, -0.1) is 0 Å². The van der Waals surface area contributed by atoms with Gasteiger partial charge in [0.2, 0.25) is 0 Å². The topological polar surface area (TPSA) is 30.2 Å². The minimum Gasteiger partial charge on any atom is -0.246 e. The molecule has 2 aromatic heterocycles. The van der Waals surface area contributed by atoms with Gasteiger partial charge in [0.1, 0.15) is 11.8 Å². The fourth-order valence-corrected chi connectivity index (χ4v) is 1.95. The van der Waals surface area contributed by atoms with E-state index in [1.54, 1.807) is 35.0 Å². The average molecular weight is 262 g/mol. The van der Waals surface area contributed by atoms with Gasteiger partial charge in [-0.05, 0) is 17.7 Å². The molecule has 0 saturated heterocycles. The third-order valence-electron chi connectivity index (χ3n) is 2.73. The monoisotopic (exact) mass is 261 g/mol. The lowest BCUT2D eigenvalue weighted by Crippen LogP contribution is -1.94. The fraction of sp³-hybridized carbons (Fsp3) is 0.0769. The second-order valence-corrected chi connectivity index (χ2v) is 4.29. The molecule has 0 aliphatic rings. The Morgan fingerprint density at radius 1 is 1.11 bits per heavy atom. The second-order valence-electron chi connectivity index (χ2n) is 3.90. The molecule has 90 valence electrons. The van der Waals surface area contributed by atoms with Crippen LogP contribution in [-0.2, 0) is 6.67 Å². The van der Waals surface area contributed by atoms with E-state index in [1.807, 2.05) is 12.1 Å². The summed E-state index contributed by atoms with van der Waals surface area (Å²) in [6.45, 7) is -0.461. The Kier molecular flexibility index (Phi) is 2.72. The van der Waals surface area contributed by atoms with Crippen LogP contribution in [0.25, 0.3) is 16.9 Å². The van der Waals surface area contributed by atoms with Crippen molar-refractivity contribution < 1.29 is 4.39 Å². The van der Waals surface area contributed by atoms with Crippen LogP contribution in [0, 0.1) is 0 Å². The summed E-state index contributed by atoms with van der Waals surface area (Å²) in [6.07, 6.45) is 1.73. The second kappa shape index (κ2) is 4.38. The van der Waals surface area contributed by atoms with Gasteiger partial charge >= 0.3 is 0 Å². The molecule has 5 heteroatoms. The summed E-state index contributed by atoms with van der Waals surface area (Å²) in [5, 5.41) is 4.60. The number of hydrogen-bond acceptors (Lipinski definition) is 2. The molecule has 0 saturated carbocycles. The van der Waals surface area contributed by atoms with E-state index in [1.165, 1.54) is 0 Å². The predicted molar refractivity (Wildman–Crippen MR) is 68.2 cm³/mol. The highest BCUT2D eigenvalue weighted by atomic mass is 35.5. The zero-order valence-electron chi connectivity index (χ0n) is 9.35. The molecule has 0 N–H and O–H groups in total. The van der Waals surface area contributed by atoms with Crippen molar-refractivity contribution in [2.24, 2.45) is 0 Å². The van der Waals surface area contributed by atoms with E-state index < -0.39 is 6.67 Å². The molecule has 3 nitrogen and oxygen atoms in total. The summed E-state index contributed by atoms with van der Waals surface area (Å²) in [4.78, 5) is 4.25. The molecule has 0 amide bonds. The zero-order chi connectivity index (χ0) is 12.5. The smallest absolute Gasteiger partial charge is 0.154 e. The summed E-state index contributed by atoms with van der Waals surface area (Å²) in [5.74, 6) is 0. The van der Waals surface area contributed by atoms with Gasteiger partial charge in [-0.3, -0.25) is 0 Å². The molecule has 0 spiro atoms. The minimum absolute atomic E-state index is 0.405. The van der Waals surface area contributed by atoms with Crippen LogP contribution in [0.3, 0.4) is 0 Å². The molecule has 0 aliphatic heterocycles. The lowest BCUT2D eigenvalue weighted by atomic mass is 10.1. The van der Waals surface area contributed by atoms with E-state index in [9.17, 15) is 4.39 Å². The highest BCUT2D eigenvalue weighted by Gasteiger charge is 2.07. The van der Waals surface area contributed by atoms with E-state index >= 15 is 0 Å². The van der Waals surface area contributed by atoms with Gasteiger partial charge in [-0.2, -0.15) is 5.10 Å². The van der Waals surface area contributed by atoms with Crippen molar-refractivity contribution in [3.8, 4) is 11.3 Å². The zero-order valence-corrected chi connectivity index (χ0v) is 10.1. The first-order valence-electron chi connectivity index (χ1n) is 5.43. The highest BCUT2D eigenvalue weighted by Crippen LogP contribution is 2.21. The molecule has 18 heavy (non-hydrogen) atoms. The number of nitrogens with zero attached hydrogens (tertiary/aromatic N) is 3. The molecule has 2 heterocycles. The van der Waals surface area contributed by atoms with Gasteiger partial charge in [-0.1, -0.05) is 35.9 Å². The van der Waals surface area contributed by atoms with Crippen molar-refractivity contribution in [2.75, 3.05) is 0 Å². The van der Waals surface area contributed by atoms with Crippen molar-refractivity contribution >= 4 is 17.2 Å². The Hall–Kier alpha value is -1.94. The van der Waals surface area contributed by atoms with E-state index in [0.717, 1.165) is 16.9 Å². The maximum Gasteiger partial charge on any atom is 0.154 e. The number of alkyl halides is 1. The van der Waals surface area contributed by atoms with Gasteiger partial charge < -0.3 is 0 Å². The van der Waals surface area contributed by atoms with Crippen LogP contribution >= 0.6 is 11.6 Å². The molecule has 3 rings (SSSR count). The number of benzene rings is 1. The van der Waals surface area contributed by atoms with Crippen molar-refractivity contribution in [1.29, 1.82) is 0 Å². The lowest BCUT2D eigenvalue weighted by Gasteiger charge is -2.02. The minimum atomic E-state index is -0.461. The normalized spacial score (nSPS) is 11.0. The fourth-order valence-electron chi connectivity index (χ4n) is 1.81. The van der Waals surface area contributed by atoms with Crippen LogP contribution in [-0.4, -0.2) is 14.6 Å². The molecule has 0 fully saturated rings. The van der Waals surface area contributed by atoms with Crippen LogP contribution in [0.15, 0.2) is 42.6 Å². The van der Waals surface area contributed by atoms with E-state index in [2.05, 4.69) is 10.1 Å². The summed E-state index contributed by atoms with van der Waals surface area (Å²) in [7, 11) is 0. The van der Waals surface area contributed by atoms with Crippen molar-refractivity contribution in [3.63, 3.8) is 0 Å². The van der Waals surface area contributed by atoms with Crippen LogP contribution in [0.1, 0.15) is 5.56 Å². The quantitative estimate of drug-likeness (QED) is 0.707. The average Bonchev–Trinajstić information content (AvgIpc) is 2.82. The number of rotatable bonds is 2. The molecule has 0 bridgehead atoms. The van der Waals surface area contributed by atoms with Crippen molar-refractivity contribution in [3.05, 3.63) is 53.3 Å². The van der Waals surface area contributed by atoms with Gasteiger partial charge in [0.25, 0.3) is 0 Å². The molecule has 0 aliphatic carbocycles. The first-order valence-corrected chi connectivity index (χ1v) is 5.81. The summed E-state index contributed by atoms with van der Waals surface area (Å²) >= 11 is 5.87. The molecule has 0 radical (unpaired) electrons. The first kappa shape index (κ1) is 11.2. The molecule has 0 atom stereocenters. The Morgan fingerprint density at radius 2 is 1.89 bits per heavy atom. The molecular weight excluding hydrogens is 253 g/mol. The summed E-state index contributed by atoms with van der Waals surface area (Å²) in [6, 6.07) is 10.7. The summed E-state index contributed by atoms with van der Waals surface area (Å²) in [5.41, 5.74) is 3.13. The highest BCUT2D eigenvalue weighted by molar-refractivity contribution is 6.29. The van der Waals surface area contributed by atoms with Crippen LogP contribution in [0.4, 0.5) is 4.39 Å². The Labute approximate surface area is 108 Å². The molecular formula is C13H9ClFN3. The molecule has 0 unspecified atom stereocenters. The Morgan fingerprint density at radius 3 is 2.61 bits per heavy atom. The SMILES string of the molecule is FCc1ccc(-c2cnc3ccc(Cl)nn23)cc1. The predicted octanol–water partition coefficient (Wildman–Crippen LogP) is 3.52. The maximum absolute atomic E-state index is 12.5. The standard InChI is InChI=1S/C13H9ClFN3/c14-12-5-6-13-16-8-11(18(13)17-12)10-3-1-9(7-15)2-4-10/h1-6,8H,7H2. The Balaban J connectivity index is 2.15. The number of aromatic nitrogens is 3. The van der Waals surface area contributed by atoms with Crippen molar-refractivity contribution in [2.45, 2.75) is 6.67 Å². The first-order chi connectivity index (χ1) is 8.78. The van der Waals surface area contributed by atoms with E-state index in [0.29, 0.717) is 10.7 Å². The number of halogens is 2. The van der Waals surface area contributed by atoms with Gasteiger partial charge in [0, 0.05) is 5.56 Å². The number of imidazole rings is 1. The van der Waals surface area contributed by atoms with Gasteiger partial charge in [0.05, 0.1) is 11.9 Å². The van der Waals surface area contributed by atoms with Gasteiger partial charge in [0.15, 0.2) is 5.65 Å².